The molecule has 0 amide bonds. The van der Waals surface area contributed by atoms with E-state index in [1.807, 2.05) is 10.1 Å². The molecule has 14 nitrogen and oxygen atoms in total. The summed E-state index contributed by atoms with van der Waals surface area (Å²) >= 11 is 3.70. The lowest BCUT2D eigenvalue weighted by Crippen LogP contribution is -2.39. The molecule has 1 saturated heterocycles. The Hall–Kier alpha value is -1.28. The Morgan fingerprint density at radius 2 is 2.17 bits per heavy atom. The van der Waals surface area contributed by atoms with Gasteiger partial charge in [-0.05, 0) is 0 Å². The first kappa shape index (κ1) is 24.0. The van der Waals surface area contributed by atoms with Crippen LogP contribution in [0.1, 0.15) is 6.23 Å². The number of carbonyl (C=O) groups is 1. The van der Waals surface area contributed by atoms with Crippen molar-refractivity contribution in [1.82, 2.24) is 14.6 Å². The molecule has 1 fully saturated rings. The molecule has 164 valence electrons. The highest BCUT2D eigenvalue weighted by Gasteiger charge is 2.48. The molecule has 0 radical (unpaired) electrons. The third-order valence-corrected chi connectivity index (χ3v) is 5.61. The number of carboxylic acids is 1. The molecule has 0 aliphatic carbocycles. The standard InChI is InChI=1S/C12H19N3O11P2S/c1-23-10-9(26-27(20)29)6(5-24-28(21,22)13-4-8(17)18)25-11(10)15-3-2-7(16)14-12(15)19/h2-3,6,9-11,27H,4-5H2,1H3,(H,17,18)(H,20,29)(H2,13,21,22)(H,14,16,19)/t6?,9?,10?,11-/m1/s1. The maximum absolute atomic E-state index is 12.1. The normalized spacial score (nSPS) is 27.4. The fraction of sp³-hybridized carbons (Fsp3) is 0.583. The summed E-state index contributed by atoms with van der Waals surface area (Å²) < 4.78 is 45.3. The summed E-state index contributed by atoms with van der Waals surface area (Å²) in [5.41, 5.74) is -1.46. The van der Waals surface area contributed by atoms with Gasteiger partial charge in [0.05, 0.1) is 6.61 Å². The highest BCUT2D eigenvalue weighted by molar-refractivity contribution is 8.39. The monoisotopic (exact) mass is 475 g/mol. The van der Waals surface area contributed by atoms with E-state index >= 15 is 0 Å². The van der Waals surface area contributed by atoms with Crippen LogP contribution in [0, 0.1) is 0 Å². The van der Waals surface area contributed by atoms with Crippen LogP contribution in [0.25, 0.3) is 0 Å². The van der Waals surface area contributed by atoms with E-state index in [1.54, 1.807) is 0 Å². The minimum atomic E-state index is -4.51. The van der Waals surface area contributed by atoms with Gasteiger partial charge in [-0.1, -0.05) is 12.2 Å². The van der Waals surface area contributed by atoms with Gasteiger partial charge < -0.3 is 24.0 Å². The van der Waals surface area contributed by atoms with Gasteiger partial charge in [0, 0.05) is 19.4 Å². The summed E-state index contributed by atoms with van der Waals surface area (Å²) in [5.74, 6) is -1.38. The molecule has 1 aliphatic rings. The zero-order chi connectivity index (χ0) is 21.8. The summed E-state index contributed by atoms with van der Waals surface area (Å²) in [6, 6.07) is 1.07. The molecule has 4 N–H and O–H groups in total. The van der Waals surface area contributed by atoms with E-state index in [9.17, 15) is 28.4 Å². The topological polar surface area (TPSA) is 195 Å². The van der Waals surface area contributed by atoms with Crippen LogP contribution in [0.15, 0.2) is 21.9 Å². The van der Waals surface area contributed by atoms with Gasteiger partial charge in [-0.3, -0.25) is 28.2 Å². The van der Waals surface area contributed by atoms with E-state index in [-0.39, 0.29) is 0 Å². The van der Waals surface area contributed by atoms with Crippen LogP contribution in [0.3, 0.4) is 0 Å². The van der Waals surface area contributed by atoms with Gasteiger partial charge in [0.25, 0.3) is 5.56 Å². The Labute approximate surface area is 168 Å². The third kappa shape index (κ3) is 6.60. The molecule has 5 unspecified atom stereocenters. The van der Waals surface area contributed by atoms with Gasteiger partial charge in [-0.15, -0.1) is 0 Å². The molecule has 2 heterocycles. The van der Waals surface area contributed by atoms with Gasteiger partial charge in [0.15, 0.2) is 6.23 Å². The van der Waals surface area contributed by atoms with Crippen LogP contribution in [0.2, 0.25) is 0 Å². The minimum absolute atomic E-state index is 0.609. The van der Waals surface area contributed by atoms with E-state index in [0.717, 1.165) is 16.8 Å². The second-order valence-corrected chi connectivity index (χ2v) is 9.15. The molecule has 1 aromatic rings. The predicted molar refractivity (Wildman–Crippen MR) is 100 cm³/mol. The number of hydrogen-bond donors (Lipinski definition) is 5. The molecule has 0 bridgehead atoms. The van der Waals surface area contributed by atoms with Crippen LogP contribution in [0.4, 0.5) is 0 Å². The number of nitrogens with one attached hydrogen (secondary N) is 2. The first-order valence-corrected chi connectivity index (χ1v) is 12.1. The number of nitrogens with zero attached hydrogens (tertiary/aromatic N) is 1. The Morgan fingerprint density at radius 3 is 2.72 bits per heavy atom. The average Bonchev–Trinajstić information content (AvgIpc) is 2.95. The Morgan fingerprint density at radius 1 is 1.48 bits per heavy atom. The minimum Gasteiger partial charge on any atom is -0.480 e. The first-order chi connectivity index (χ1) is 13.5. The molecule has 29 heavy (non-hydrogen) atoms. The molecule has 0 spiro atoms. The number of hydrogen-bond acceptors (Lipinski definition) is 9. The van der Waals surface area contributed by atoms with Crippen LogP contribution >= 0.6 is 27.2 Å². The fourth-order valence-electron chi connectivity index (χ4n) is 2.59. The van der Waals surface area contributed by atoms with Gasteiger partial charge in [0.1, 0.15) is 24.9 Å². The van der Waals surface area contributed by atoms with Gasteiger partial charge in [0.2, 0.25) is 7.23 Å². The number of thiol groups is 1. The van der Waals surface area contributed by atoms with Crippen molar-refractivity contribution < 1.29 is 42.4 Å². The largest absolute Gasteiger partial charge is 0.480 e. The SMILES string of the molecule is COC1C(O[PH](=O)S)C(COP(=O)(O)NCC(=O)O)O[C@H]1n1ccc(=O)[nH]c1=O. The number of carboxylic acid groups (broad SMARTS) is 1. The number of aromatic amines is 1. The summed E-state index contributed by atoms with van der Waals surface area (Å²) in [6.45, 7) is -1.44. The fourth-order valence-corrected chi connectivity index (χ4v) is 4.25. The van der Waals surface area contributed by atoms with Crippen LogP contribution in [-0.4, -0.2) is 64.1 Å². The van der Waals surface area contributed by atoms with Crippen LogP contribution in [0.5, 0.6) is 0 Å². The second kappa shape index (κ2) is 10.2. The van der Waals surface area contributed by atoms with Crippen LogP contribution < -0.4 is 16.3 Å². The molecule has 1 aliphatic heterocycles. The molecular formula is C12H19N3O11P2S. The van der Waals surface area contributed by atoms with Gasteiger partial charge in [-0.2, -0.15) is 0 Å². The average molecular weight is 475 g/mol. The molecule has 1 aromatic heterocycles. The Kier molecular flexibility index (Phi) is 8.40. The van der Waals surface area contributed by atoms with Crippen molar-refractivity contribution in [3.63, 3.8) is 0 Å². The molecule has 0 saturated carbocycles. The van der Waals surface area contributed by atoms with E-state index in [1.165, 1.54) is 7.11 Å². The first-order valence-electron chi connectivity index (χ1n) is 7.87. The van der Waals surface area contributed by atoms with E-state index in [2.05, 4.69) is 12.2 Å². The van der Waals surface area contributed by atoms with Crippen molar-refractivity contribution in [2.24, 2.45) is 0 Å². The summed E-state index contributed by atoms with van der Waals surface area (Å²) in [6.07, 6.45) is -3.34. The van der Waals surface area contributed by atoms with E-state index in [4.69, 9.17) is 23.6 Å². The zero-order valence-electron chi connectivity index (χ0n) is 14.8. The van der Waals surface area contributed by atoms with Gasteiger partial charge in [-0.25, -0.2) is 14.4 Å². The van der Waals surface area contributed by atoms with Crippen molar-refractivity contribution in [1.29, 1.82) is 0 Å². The second-order valence-electron chi connectivity index (χ2n) is 5.68. The van der Waals surface area contributed by atoms with E-state index < -0.39 is 69.9 Å². The molecule has 0 aromatic carbocycles. The maximum Gasteiger partial charge on any atom is 0.403 e. The zero-order valence-corrected chi connectivity index (χ0v) is 17.6. The lowest BCUT2D eigenvalue weighted by molar-refractivity contribution is -0.135. The number of rotatable bonds is 10. The summed E-state index contributed by atoms with van der Waals surface area (Å²) in [5, 5.41) is 10.4. The number of H-pyrrole nitrogens is 1. The number of ether oxygens (including phenoxy) is 2. The Bertz CT molecular complexity index is 921. The summed E-state index contributed by atoms with van der Waals surface area (Å²) in [7, 11) is -6.07. The smallest absolute Gasteiger partial charge is 0.403 e. The lowest BCUT2D eigenvalue weighted by Gasteiger charge is -2.23. The highest BCUT2D eigenvalue weighted by atomic mass is 32.7. The van der Waals surface area contributed by atoms with E-state index in [0.29, 0.717) is 0 Å². The van der Waals surface area contributed by atoms with Crippen LogP contribution in [-0.2, 0) is 32.4 Å². The van der Waals surface area contributed by atoms with Crippen molar-refractivity contribution in [2.75, 3.05) is 20.3 Å². The maximum atomic E-state index is 12.1. The number of methoxy groups -OCH3 is 1. The quantitative estimate of drug-likeness (QED) is 0.204. The van der Waals surface area contributed by atoms with Crippen molar-refractivity contribution in [3.05, 3.63) is 33.1 Å². The molecular weight excluding hydrogens is 456 g/mol. The van der Waals surface area contributed by atoms with Crippen molar-refractivity contribution in [2.45, 2.75) is 24.5 Å². The third-order valence-electron chi connectivity index (χ3n) is 3.76. The van der Waals surface area contributed by atoms with Crippen molar-refractivity contribution >= 4 is 33.2 Å². The lowest BCUT2D eigenvalue weighted by atomic mass is 10.1. The molecule has 2 rings (SSSR count). The van der Waals surface area contributed by atoms with Gasteiger partial charge >= 0.3 is 19.4 Å². The molecule has 6 atom stereocenters. The number of aromatic nitrogens is 2. The Balaban J connectivity index is 2.24. The number of aliphatic carboxylic acids is 1. The summed E-state index contributed by atoms with van der Waals surface area (Å²) in [4.78, 5) is 45.5. The predicted octanol–water partition coefficient (Wildman–Crippen LogP) is -1.06. The van der Waals surface area contributed by atoms with Crippen molar-refractivity contribution in [3.8, 4) is 0 Å². The highest BCUT2D eigenvalue weighted by Crippen LogP contribution is 2.42. The molecule has 17 heteroatoms.